The maximum Gasteiger partial charge on any atom is 0.307 e. The van der Waals surface area contributed by atoms with Crippen LogP contribution >= 0.6 is 11.3 Å². The fraction of sp³-hybridized carbons (Fsp3) is 0.583. The molecule has 1 aromatic heterocycles. The first-order valence-electron chi connectivity index (χ1n) is 5.58. The van der Waals surface area contributed by atoms with E-state index in [9.17, 15) is 4.79 Å². The van der Waals surface area contributed by atoms with Crippen LogP contribution in [0, 0.1) is 6.92 Å². The third kappa shape index (κ3) is 4.33. The van der Waals surface area contributed by atoms with E-state index in [0.29, 0.717) is 25.6 Å². The zero-order valence-electron chi connectivity index (χ0n) is 10.1. The van der Waals surface area contributed by atoms with Gasteiger partial charge in [-0.3, -0.25) is 4.79 Å². The molecule has 0 aliphatic heterocycles. The first kappa shape index (κ1) is 13.2. The van der Waals surface area contributed by atoms with Crippen molar-refractivity contribution in [2.24, 2.45) is 0 Å². The zero-order chi connectivity index (χ0) is 12.0. The molecule has 1 unspecified atom stereocenters. The van der Waals surface area contributed by atoms with Crippen molar-refractivity contribution in [2.75, 3.05) is 13.2 Å². The molecule has 0 aliphatic rings. The van der Waals surface area contributed by atoms with Crippen LogP contribution in [0.25, 0.3) is 0 Å². The molecule has 1 aromatic rings. The highest BCUT2D eigenvalue weighted by atomic mass is 32.1. The summed E-state index contributed by atoms with van der Waals surface area (Å²) < 4.78 is 4.86. The molecule has 0 radical (unpaired) electrons. The number of carbonyl (C=O) groups excluding carboxylic acids is 1. The molecule has 0 amide bonds. The van der Waals surface area contributed by atoms with Crippen LogP contribution in [0.3, 0.4) is 0 Å². The van der Waals surface area contributed by atoms with Gasteiger partial charge in [-0.1, -0.05) is 0 Å². The largest absolute Gasteiger partial charge is 0.466 e. The molecule has 0 saturated heterocycles. The van der Waals surface area contributed by atoms with Crippen LogP contribution in [0.2, 0.25) is 0 Å². The van der Waals surface area contributed by atoms with Crippen LogP contribution in [0.15, 0.2) is 12.1 Å². The van der Waals surface area contributed by atoms with E-state index < -0.39 is 0 Å². The normalized spacial score (nSPS) is 12.4. The van der Waals surface area contributed by atoms with Gasteiger partial charge in [-0.25, -0.2) is 0 Å². The molecule has 0 aromatic carbocycles. The fourth-order valence-corrected chi connectivity index (χ4v) is 2.31. The van der Waals surface area contributed by atoms with E-state index in [1.807, 2.05) is 6.92 Å². The molecule has 1 N–H and O–H groups in total. The van der Waals surface area contributed by atoms with Gasteiger partial charge in [0.2, 0.25) is 0 Å². The molecule has 16 heavy (non-hydrogen) atoms. The van der Waals surface area contributed by atoms with E-state index >= 15 is 0 Å². The van der Waals surface area contributed by atoms with Crippen molar-refractivity contribution in [3.63, 3.8) is 0 Å². The van der Waals surface area contributed by atoms with Gasteiger partial charge in [-0.2, -0.15) is 0 Å². The second kappa shape index (κ2) is 6.66. The van der Waals surface area contributed by atoms with E-state index in [1.165, 1.54) is 9.75 Å². The number of carbonyl (C=O) groups is 1. The molecule has 0 fully saturated rings. The summed E-state index contributed by atoms with van der Waals surface area (Å²) in [4.78, 5) is 13.7. The summed E-state index contributed by atoms with van der Waals surface area (Å²) in [5.74, 6) is -0.135. The third-order valence-electron chi connectivity index (χ3n) is 2.27. The van der Waals surface area contributed by atoms with E-state index in [4.69, 9.17) is 4.74 Å². The maximum atomic E-state index is 11.1. The summed E-state index contributed by atoms with van der Waals surface area (Å²) >= 11 is 1.79. The van der Waals surface area contributed by atoms with Crippen molar-refractivity contribution < 1.29 is 9.53 Å². The van der Waals surface area contributed by atoms with Crippen LogP contribution < -0.4 is 5.32 Å². The number of thiophene rings is 1. The van der Waals surface area contributed by atoms with Gasteiger partial charge >= 0.3 is 5.97 Å². The van der Waals surface area contributed by atoms with Gasteiger partial charge in [0.25, 0.3) is 0 Å². The van der Waals surface area contributed by atoms with Crippen LogP contribution in [-0.4, -0.2) is 19.1 Å². The smallest absolute Gasteiger partial charge is 0.307 e. The SMILES string of the molecule is CCOC(=O)CCNC(C)c1ccc(C)s1. The predicted molar refractivity (Wildman–Crippen MR) is 66.7 cm³/mol. The summed E-state index contributed by atoms with van der Waals surface area (Å²) in [5, 5.41) is 3.31. The Hall–Kier alpha value is -0.870. The standard InChI is InChI=1S/C12H19NO2S/c1-4-15-12(14)7-8-13-10(3)11-6-5-9(2)16-11/h5-6,10,13H,4,7-8H2,1-3H3. The Bertz CT molecular complexity index is 336. The highest BCUT2D eigenvalue weighted by Crippen LogP contribution is 2.21. The molecule has 0 bridgehead atoms. The average Bonchev–Trinajstić information content (AvgIpc) is 2.65. The van der Waals surface area contributed by atoms with Crippen molar-refractivity contribution >= 4 is 17.3 Å². The van der Waals surface area contributed by atoms with Crippen molar-refractivity contribution in [2.45, 2.75) is 33.2 Å². The number of ether oxygens (including phenoxy) is 1. The van der Waals surface area contributed by atoms with E-state index in [1.54, 1.807) is 11.3 Å². The number of rotatable bonds is 6. The Morgan fingerprint density at radius 2 is 2.31 bits per heavy atom. The lowest BCUT2D eigenvalue weighted by Gasteiger charge is -2.11. The molecule has 1 atom stereocenters. The van der Waals surface area contributed by atoms with Gasteiger partial charge in [0.15, 0.2) is 0 Å². The minimum atomic E-state index is -0.135. The molecule has 0 spiro atoms. The maximum absolute atomic E-state index is 11.1. The van der Waals surface area contributed by atoms with E-state index in [0.717, 1.165) is 0 Å². The molecule has 3 nitrogen and oxygen atoms in total. The third-order valence-corrected chi connectivity index (χ3v) is 3.46. The minimum absolute atomic E-state index is 0.135. The van der Waals surface area contributed by atoms with Gasteiger partial charge in [-0.15, -0.1) is 11.3 Å². The van der Waals surface area contributed by atoms with Crippen molar-refractivity contribution in [1.82, 2.24) is 5.32 Å². The summed E-state index contributed by atoms with van der Waals surface area (Å²) in [6.07, 6.45) is 0.433. The Morgan fingerprint density at radius 3 is 2.88 bits per heavy atom. The molecule has 4 heteroatoms. The molecule has 1 heterocycles. The number of aryl methyl sites for hydroxylation is 1. The summed E-state index contributed by atoms with van der Waals surface area (Å²) in [6.45, 7) is 7.15. The topological polar surface area (TPSA) is 38.3 Å². The Balaban J connectivity index is 2.25. The van der Waals surface area contributed by atoms with Crippen LogP contribution in [0.5, 0.6) is 0 Å². The molecule has 1 rings (SSSR count). The second-order valence-corrected chi connectivity index (χ2v) is 5.00. The first-order valence-corrected chi connectivity index (χ1v) is 6.40. The Labute approximate surface area is 101 Å². The minimum Gasteiger partial charge on any atom is -0.466 e. The first-order chi connectivity index (χ1) is 7.63. The Kier molecular flexibility index (Phi) is 5.49. The molecule has 0 saturated carbocycles. The van der Waals surface area contributed by atoms with Crippen LogP contribution in [0.1, 0.15) is 36.1 Å². The van der Waals surface area contributed by atoms with Crippen LogP contribution in [-0.2, 0) is 9.53 Å². The van der Waals surface area contributed by atoms with Gasteiger partial charge in [0.05, 0.1) is 13.0 Å². The highest BCUT2D eigenvalue weighted by molar-refractivity contribution is 7.12. The van der Waals surface area contributed by atoms with Crippen molar-refractivity contribution in [1.29, 1.82) is 0 Å². The average molecular weight is 241 g/mol. The Morgan fingerprint density at radius 1 is 1.56 bits per heavy atom. The lowest BCUT2D eigenvalue weighted by atomic mass is 10.2. The lowest BCUT2D eigenvalue weighted by molar-refractivity contribution is -0.142. The van der Waals surface area contributed by atoms with Gasteiger partial charge in [-0.05, 0) is 32.9 Å². The molecular weight excluding hydrogens is 222 g/mol. The van der Waals surface area contributed by atoms with Crippen molar-refractivity contribution in [3.8, 4) is 0 Å². The van der Waals surface area contributed by atoms with Gasteiger partial charge in [0.1, 0.15) is 0 Å². The molecule has 90 valence electrons. The molecule has 0 aliphatic carbocycles. The monoisotopic (exact) mass is 241 g/mol. The summed E-state index contributed by atoms with van der Waals surface area (Å²) in [5.41, 5.74) is 0. The number of nitrogens with one attached hydrogen (secondary N) is 1. The number of hydrogen-bond donors (Lipinski definition) is 1. The lowest BCUT2D eigenvalue weighted by Crippen LogP contribution is -2.22. The second-order valence-electron chi connectivity index (χ2n) is 3.68. The van der Waals surface area contributed by atoms with Gasteiger partial charge < -0.3 is 10.1 Å². The van der Waals surface area contributed by atoms with Gasteiger partial charge in [0, 0.05) is 22.3 Å². The fourth-order valence-electron chi connectivity index (χ4n) is 1.41. The summed E-state index contributed by atoms with van der Waals surface area (Å²) in [7, 11) is 0. The van der Waals surface area contributed by atoms with Crippen molar-refractivity contribution in [3.05, 3.63) is 21.9 Å². The van der Waals surface area contributed by atoms with E-state index in [2.05, 4.69) is 31.3 Å². The quantitative estimate of drug-likeness (QED) is 0.778. The number of hydrogen-bond acceptors (Lipinski definition) is 4. The summed E-state index contributed by atoms with van der Waals surface area (Å²) in [6, 6.07) is 4.54. The highest BCUT2D eigenvalue weighted by Gasteiger charge is 2.08. The predicted octanol–water partition coefficient (Wildman–Crippen LogP) is 2.66. The van der Waals surface area contributed by atoms with Crippen LogP contribution in [0.4, 0.5) is 0 Å². The zero-order valence-corrected chi connectivity index (χ0v) is 10.9. The van der Waals surface area contributed by atoms with E-state index in [-0.39, 0.29) is 5.97 Å². The molecular formula is C12H19NO2S. The number of esters is 1.